The summed E-state index contributed by atoms with van der Waals surface area (Å²) in [6.45, 7) is 2.88. The Labute approximate surface area is 141 Å². The third-order valence-corrected chi connectivity index (χ3v) is 4.85. The molecule has 130 valence electrons. The first kappa shape index (κ1) is 17.1. The Morgan fingerprint density at radius 3 is 2.42 bits per heavy atom. The van der Waals surface area contributed by atoms with Crippen molar-refractivity contribution < 1.29 is 17.9 Å². The molecule has 0 atom stereocenters. The molecule has 9 heteroatoms. The number of ether oxygens (including phenoxy) is 1. The molecule has 0 saturated carbocycles. The lowest BCUT2D eigenvalue weighted by molar-refractivity contribution is -0.137. The number of nitrogens with zero attached hydrogens (tertiary/aromatic N) is 4. The Morgan fingerprint density at radius 1 is 1.12 bits per heavy atom. The number of morpholine rings is 1. The van der Waals surface area contributed by atoms with Crippen molar-refractivity contribution >= 4 is 17.7 Å². The van der Waals surface area contributed by atoms with E-state index in [1.54, 1.807) is 0 Å². The molecule has 0 spiro atoms. The van der Waals surface area contributed by atoms with Gasteiger partial charge in [-0.1, -0.05) is 23.9 Å². The highest BCUT2D eigenvalue weighted by Crippen LogP contribution is 2.30. The zero-order valence-corrected chi connectivity index (χ0v) is 13.9. The average molecular weight is 358 g/mol. The van der Waals surface area contributed by atoms with Gasteiger partial charge in [-0.15, -0.1) is 10.2 Å². The van der Waals surface area contributed by atoms with E-state index in [0.717, 1.165) is 41.9 Å². The second-order valence-electron chi connectivity index (χ2n) is 5.42. The Morgan fingerprint density at radius 2 is 1.79 bits per heavy atom. The summed E-state index contributed by atoms with van der Waals surface area (Å²) in [4.78, 5) is 2.11. The van der Waals surface area contributed by atoms with Crippen molar-refractivity contribution in [2.24, 2.45) is 7.05 Å². The van der Waals surface area contributed by atoms with Crippen LogP contribution in [0.2, 0.25) is 0 Å². The van der Waals surface area contributed by atoms with Gasteiger partial charge in [-0.05, 0) is 17.7 Å². The molecule has 0 radical (unpaired) electrons. The van der Waals surface area contributed by atoms with Gasteiger partial charge in [0, 0.05) is 25.9 Å². The van der Waals surface area contributed by atoms with Gasteiger partial charge in [0.1, 0.15) is 0 Å². The first-order valence-electron chi connectivity index (χ1n) is 7.46. The van der Waals surface area contributed by atoms with Gasteiger partial charge in [-0.2, -0.15) is 13.2 Å². The molecular formula is C15H17F3N4OS. The van der Waals surface area contributed by atoms with Crippen molar-refractivity contribution in [3.8, 4) is 0 Å². The Kier molecular flexibility index (Phi) is 5.00. The van der Waals surface area contributed by atoms with Crippen molar-refractivity contribution in [2.75, 3.05) is 31.2 Å². The van der Waals surface area contributed by atoms with Gasteiger partial charge in [-0.25, -0.2) is 0 Å². The van der Waals surface area contributed by atoms with Crippen molar-refractivity contribution in [3.63, 3.8) is 0 Å². The molecule has 0 bridgehead atoms. The number of rotatable bonds is 4. The van der Waals surface area contributed by atoms with Gasteiger partial charge in [-0.3, -0.25) is 4.57 Å². The molecule has 1 aromatic carbocycles. The summed E-state index contributed by atoms with van der Waals surface area (Å²) in [5.41, 5.74) is 0.174. The number of aromatic nitrogens is 3. The van der Waals surface area contributed by atoms with Crippen molar-refractivity contribution in [2.45, 2.75) is 17.1 Å². The molecule has 1 saturated heterocycles. The molecule has 5 nitrogen and oxygen atoms in total. The lowest BCUT2D eigenvalue weighted by Crippen LogP contribution is -2.37. The highest BCUT2D eigenvalue weighted by Gasteiger charge is 2.29. The van der Waals surface area contributed by atoms with Crippen LogP contribution >= 0.6 is 11.8 Å². The highest BCUT2D eigenvalue weighted by molar-refractivity contribution is 7.98. The number of benzene rings is 1. The summed E-state index contributed by atoms with van der Waals surface area (Å²) >= 11 is 1.45. The molecule has 2 heterocycles. The minimum absolute atomic E-state index is 0.535. The smallest absolute Gasteiger partial charge is 0.378 e. The maximum atomic E-state index is 12.6. The van der Waals surface area contributed by atoms with E-state index >= 15 is 0 Å². The van der Waals surface area contributed by atoms with Crippen molar-refractivity contribution in [1.29, 1.82) is 0 Å². The van der Waals surface area contributed by atoms with Gasteiger partial charge >= 0.3 is 6.18 Å². The number of hydrogen-bond donors (Lipinski definition) is 0. The summed E-state index contributed by atoms with van der Waals surface area (Å²) in [5, 5.41) is 9.12. The van der Waals surface area contributed by atoms with E-state index < -0.39 is 11.7 Å². The number of anilines is 1. The molecular weight excluding hydrogens is 341 g/mol. The molecule has 0 aliphatic carbocycles. The Bertz CT molecular complexity index is 681. The largest absolute Gasteiger partial charge is 0.416 e. The number of hydrogen-bond acceptors (Lipinski definition) is 5. The van der Waals surface area contributed by atoms with E-state index in [9.17, 15) is 13.2 Å². The molecule has 1 fully saturated rings. The number of alkyl halides is 3. The molecule has 1 aliphatic heterocycles. The average Bonchev–Trinajstić information content (AvgIpc) is 2.94. The van der Waals surface area contributed by atoms with Crippen LogP contribution in [0.5, 0.6) is 0 Å². The first-order chi connectivity index (χ1) is 11.4. The van der Waals surface area contributed by atoms with Crippen LogP contribution in [-0.2, 0) is 23.7 Å². The van der Waals surface area contributed by atoms with Gasteiger partial charge in [0.25, 0.3) is 0 Å². The zero-order valence-electron chi connectivity index (χ0n) is 13.1. The quantitative estimate of drug-likeness (QED) is 0.786. The third kappa shape index (κ3) is 3.84. The van der Waals surface area contributed by atoms with Crippen LogP contribution in [-0.4, -0.2) is 41.1 Å². The van der Waals surface area contributed by atoms with Crippen LogP contribution < -0.4 is 4.90 Å². The zero-order chi connectivity index (χ0) is 17.2. The summed E-state index contributed by atoms with van der Waals surface area (Å²) in [5.74, 6) is 1.32. The summed E-state index contributed by atoms with van der Waals surface area (Å²) in [6, 6.07) is 5.20. The second kappa shape index (κ2) is 7.02. The third-order valence-electron chi connectivity index (χ3n) is 3.76. The molecule has 3 rings (SSSR count). The Hall–Kier alpha value is -1.74. The summed E-state index contributed by atoms with van der Waals surface area (Å²) in [7, 11) is 1.89. The van der Waals surface area contributed by atoms with E-state index in [1.807, 2.05) is 11.6 Å². The lowest BCUT2D eigenvalue weighted by Gasteiger charge is -2.27. The highest BCUT2D eigenvalue weighted by atomic mass is 32.2. The molecule has 0 amide bonds. The van der Waals surface area contributed by atoms with Crippen molar-refractivity contribution in [3.05, 3.63) is 35.4 Å². The van der Waals surface area contributed by atoms with E-state index in [4.69, 9.17) is 4.74 Å². The van der Waals surface area contributed by atoms with Crippen LogP contribution in [0.1, 0.15) is 11.1 Å². The summed E-state index contributed by atoms with van der Waals surface area (Å²) < 4.78 is 44.9. The topological polar surface area (TPSA) is 43.2 Å². The van der Waals surface area contributed by atoms with E-state index in [1.165, 1.54) is 23.9 Å². The maximum Gasteiger partial charge on any atom is 0.416 e. The molecule has 0 N–H and O–H groups in total. The van der Waals surface area contributed by atoms with Crippen LogP contribution in [0.3, 0.4) is 0 Å². The minimum atomic E-state index is -4.30. The Balaban J connectivity index is 1.63. The molecule has 2 aromatic rings. The number of halogens is 3. The van der Waals surface area contributed by atoms with Crippen LogP contribution in [0.25, 0.3) is 0 Å². The van der Waals surface area contributed by atoms with E-state index in [-0.39, 0.29) is 0 Å². The predicted molar refractivity (Wildman–Crippen MR) is 85.0 cm³/mol. The van der Waals surface area contributed by atoms with Gasteiger partial charge in [0.05, 0.1) is 18.8 Å². The van der Waals surface area contributed by atoms with Crippen LogP contribution in [0.15, 0.2) is 29.4 Å². The van der Waals surface area contributed by atoms with Crippen LogP contribution in [0.4, 0.5) is 19.1 Å². The molecule has 0 unspecified atom stereocenters. The fraction of sp³-hybridized carbons (Fsp3) is 0.467. The lowest BCUT2D eigenvalue weighted by atomic mass is 10.1. The van der Waals surface area contributed by atoms with E-state index in [2.05, 4.69) is 15.1 Å². The maximum absolute atomic E-state index is 12.6. The predicted octanol–water partition coefficient (Wildman–Crippen LogP) is 2.96. The fourth-order valence-corrected chi connectivity index (χ4v) is 3.27. The van der Waals surface area contributed by atoms with E-state index in [0.29, 0.717) is 19.0 Å². The first-order valence-corrected chi connectivity index (χ1v) is 8.45. The second-order valence-corrected chi connectivity index (χ2v) is 6.37. The van der Waals surface area contributed by atoms with Crippen molar-refractivity contribution in [1.82, 2.24) is 14.8 Å². The molecule has 1 aliphatic rings. The SMILES string of the molecule is Cn1c(SCc2ccc(C(F)(F)F)cc2)nnc1N1CCOCC1. The molecule has 24 heavy (non-hydrogen) atoms. The standard InChI is InChI=1S/C15H17F3N4OS/c1-21-13(22-6-8-23-9-7-22)19-20-14(21)24-10-11-2-4-12(5-3-11)15(16,17)18/h2-5H,6-10H2,1H3. The van der Waals surface area contributed by atoms with Gasteiger partial charge in [0.2, 0.25) is 5.95 Å². The monoisotopic (exact) mass is 358 g/mol. The normalized spacial score (nSPS) is 15.8. The fourth-order valence-electron chi connectivity index (χ4n) is 2.41. The van der Waals surface area contributed by atoms with Crippen LogP contribution in [0, 0.1) is 0 Å². The number of thioether (sulfide) groups is 1. The van der Waals surface area contributed by atoms with Gasteiger partial charge in [0.15, 0.2) is 5.16 Å². The van der Waals surface area contributed by atoms with Gasteiger partial charge < -0.3 is 9.64 Å². The minimum Gasteiger partial charge on any atom is -0.378 e. The summed E-state index contributed by atoms with van der Waals surface area (Å²) in [6.07, 6.45) is -4.30. The molecule has 1 aromatic heterocycles.